The molecule has 0 fully saturated rings. The van der Waals surface area contributed by atoms with E-state index in [0.29, 0.717) is 11.3 Å². The zero-order valence-corrected chi connectivity index (χ0v) is 15.6. The summed E-state index contributed by atoms with van der Waals surface area (Å²) in [6.07, 6.45) is 11.4. The first-order valence-electron chi connectivity index (χ1n) is 8.76. The van der Waals surface area contributed by atoms with Crippen LogP contribution in [-0.2, 0) is 9.53 Å². The topological polar surface area (TPSA) is 55.8 Å². The number of carbonyl (C=O) groups is 1. The van der Waals surface area contributed by atoms with Crippen LogP contribution in [0.25, 0.3) is 6.08 Å². The van der Waals surface area contributed by atoms with Crippen LogP contribution >= 0.6 is 0 Å². The van der Waals surface area contributed by atoms with Gasteiger partial charge in [0.25, 0.3) is 0 Å². The molecule has 0 amide bonds. The fourth-order valence-electron chi connectivity index (χ4n) is 3.02. The molecule has 1 aromatic carbocycles. The summed E-state index contributed by atoms with van der Waals surface area (Å²) in [6, 6.07) is 3.61. The van der Waals surface area contributed by atoms with Gasteiger partial charge in [0, 0.05) is 11.1 Å². The molecule has 136 valence electrons. The van der Waals surface area contributed by atoms with E-state index < -0.39 is 5.60 Å². The molecule has 1 atom stereocenters. The number of aryl methyl sites for hydroxylation is 1. The molecule has 0 unspecified atom stereocenters. The molecule has 26 heavy (non-hydrogen) atoms. The fourth-order valence-corrected chi connectivity index (χ4v) is 3.02. The molecule has 0 bridgehead atoms. The van der Waals surface area contributed by atoms with Crippen LogP contribution in [0.4, 0.5) is 0 Å². The summed E-state index contributed by atoms with van der Waals surface area (Å²) in [5.41, 5.74) is 2.97. The number of aromatic hydroxyl groups is 1. The van der Waals surface area contributed by atoms with Crippen molar-refractivity contribution in [1.82, 2.24) is 0 Å². The van der Waals surface area contributed by atoms with E-state index in [9.17, 15) is 9.90 Å². The minimum absolute atomic E-state index is 0.280. The van der Waals surface area contributed by atoms with Crippen LogP contribution in [0.3, 0.4) is 0 Å². The molecule has 4 heteroatoms. The van der Waals surface area contributed by atoms with Gasteiger partial charge in [-0.2, -0.15) is 0 Å². The van der Waals surface area contributed by atoms with Gasteiger partial charge in [-0.25, -0.2) is 4.79 Å². The van der Waals surface area contributed by atoms with E-state index in [2.05, 4.69) is 13.0 Å². The number of allylic oxidation sites excluding steroid dienone is 4. The van der Waals surface area contributed by atoms with Crippen LogP contribution in [0.1, 0.15) is 44.7 Å². The van der Waals surface area contributed by atoms with E-state index in [1.54, 1.807) is 19.1 Å². The van der Waals surface area contributed by atoms with Gasteiger partial charge in [0.05, 0.1) is 0 Å². The smallest absolute Gasteiger partial charge is 0.339 e. The van der Waals surface area contributed by atoms with Crippen molar-refractivity contribution in [3.8, 4) is 11.5 Å². The lowest BCUT2D eigenvalue weighted by molar-refractivity contribution is -0.133. The van der Waals surface area contributed by atoms with Crippen LogP contribution < -0.4 is 4.74 Å². The number of cyclic esters (lactones) is 1. The van der Waals surface area contributed by atoms with Crippen LogP contribution in [-0.4, -0.2) is 16.7 Å². The Morgan fingerprint density at radius 1 is 1.31 bits per heavy atom. The standard InChI is InChI=1S/C22H24O4/c1-14(10-18-11-16(3)21(24)25-18)6-5-8-22(4)9-7-17-13-19(23)15(2)12-20(17)26-22/h6-7,9-13,23H,5,8H2,1-4H3/b14-6+,18-10+/t22-/m1/s1. The van der Waals surface area contributed by atoms with Gasteiger partial charge in [-0.15, -0.1) is 0 Å². The summed E-state index contributed by atoms with van der Waals surface area (Å²) in [4.78, 5) is 11.4. The molecule has 3 rings (SSSR count). The molecule has 2 aliphatic heterocycles. The zero-order chi connectivity index (χ0) is 18.9. The third kappa shape index (κ3) is 3.90. The lowest BCUT2D eigenvalue weighted by Gasteiger charge is -2.31. The molecular formula is C22H24O4. The first-order valence-corrected chi connectivity index (χ1v) is 8.76. The summed E-state index contributed by atoms with van der Waals surface area (Å²) in [7, 11) is 0. The summed E-state index contributed by atoms with van der Waals surface area (Å²) in [5, 5.41) is 9.82. The maximum Gasteiger partial charge on any atom is 0.339 e. The number of phenolic OH excluding ortho intramolecular Hbond substituents is 1. The van der Waals surface area contributed by atoms with Gasteiger partial charge in [-0.05, 0) is 76.5 Å². The lowest BCUT2D eigenvalue weighted by Crippen LogP contribution is -2.31. The van der Waals surface area contributed by atoms with Crippen molar-refractivity contribution in [2.45, 2.75) is 46.1 Å². The number of fused-ring (bicyclic) bond motifs is 1. The van der Waals surface area contributed by atoms with Crippen molar-refractivity contribution in [2.24, 2.45) is 0 Å². The van der Waals surface area contributed by atoms with Gasteiger partial charge in [-0.3, -0.25) is 0 Å². The molecule has 0 saturated carbocycles. The Hall–Kier alpha value is -2.75. The second-order valence-corrected chi connectivity index (χ2v) is 7.17. The largest absolute Gasteiger partial charge is 0.508 e. The van der Waals surface area contributed by atoms with Crippen molar-refractivity contribution >= 4 is 12.0 Å². The summed E-state index contributed by atoms with van der Waals surface area (Å²) < 4.78 is 11.3. The summed E-state index contributed by atoms with van der Waals surface area (Å²) >= 11 is 0. The highest BCUT2D eigenvalue weighted by atomic mass is 16.5. The summed E-state index contributed by atoms with van der Waals surface area (Å²) in [6.45, 7) is 7.65. The third-order valence-corrected chi connectivity index (χ3v) is 4.66. The molecule has 2 aliphatic rings. The molecule has 0 spiro atoms. The van der Waals surface area contributed by atoms with Crippen molar-refractivity contribution < 1.29 is 19.4 Å². The van der Waals surface area contributed by atoms with Crippen molar-refractivity contribution in [2.75, 3.05) is 0 Å². The number of hydrogen-bond donors (Lipinski definition) is 1. The van der Waals surface area contributed by atoms with Crippen LogP contribution in [0.15, 0.2) is 53.3 Å². The normalized spacial score (nSPS) is 23.5. The van der Waals surface area contributed by atoms with Crippen molar-refractivity contribution in [1.29, 1.82) is 0 Å². The molecule has 1 aromatic rings. The fraction of sp³-hybridized carbons (Fsp3) is 0.318. The number of phenols is 1. The highest BCUT2D eigenvalue weighted by Crippen LogP contribution is 2.37. The molecule has 0 radical (unpaired) electrons. The molecule has 0 aromatic heterocycles. The molecule has 1 N–H and O–H groups in total. The predicted molar refractivity (Wildman–Crippen MR) is 102 cm³/mol. The van der Waals surface area contributed by atoms with Gasteiger partial charge >= 0.3 is 5.97 Å². The molecule has 4 nitrogen and oxygen atoms in total. The molecule has 0 aliphatic carbocycles. The minimum Gasteiger partial charge on any atom is -0.508 e. The maximum atomic E-state index is 11.4. The van der Waals surface area contributed by atoms with Gasteiger partial charge in [0.1, 0.15) is 22.9 Å². The van der Waals surface area contributed by atoms with E-state index >= 15 is 0 Å². The number of carbonyl (C=O) groups excluding carboxylic acids is 1. The monoisotopic (exact) mass is 352 g/mol. The molecule has 0 saturated heterocycles. The predicted octanol–water partition coefficient (Wildman–Crippen LogP) is 4.98. The average Bonchev–Trinajstić information content (AvgIpc) is 2.86. The van der Waals surface area contributed by atoms with Gasteiger partial charge in [-0.1, -0.05) is 17.7 Å². The van der Waals surface area contributed by atoms with Gasteiger partial charge in [0.2, 0.25) is 0 Å². The first-order chi connectivity index (χ1) is 12.3. The highest BCUT2D eigenvalue weighted by Gasteiger charge is 2.27. The van der Waals surface area contributed by atoms with E-state index in [1.165, 1.54) is 0 Å². The zero-order valence-electron chi connectivity index (χ0n) is 15.6. The van der Waals surface area contributed by atoms with Gasteiger partial charge in [0.15, 0.2) is 0 Å². The van der Waals surface area contributed by atoms with Crippen LogP contribution in [0, 0.1) is 6.92 Å². The third-order valence-electron chi connectivity index (χ3n) is 4.66. The molecule has 2 heterocycles. The maximum absolute atomic E-state index is 11.4. The second-order valence-electron chi connectivity index (χ2n) is 7.17. The number of rotatable bonds is 4. The van der Waals surface area contributed by atoms with E-state index in [0.717, 1.165) is 35.3 Å². The van der Waals surface area contributed by atoms with Crippen molar-refractivity contribution in [3.05, 3.63) is 64.5 Å². The number of ether oxygens (including phenoxy) is 2. The van der Waals surface area contributed by atoms with Gasteiger partial charge < -0.3 is 14.6 Å². The van der Waals surface area contributed by atoms with Crippen molar-refractivity contribution in [3.63, 3.8) is 0 Å². The minimum atomic E-state index is -0.392. The number of hydrogen-bond acceptors (Lipinski definition) is 4. The van der Waals surface area contributed by atoms with E-state index in [-0.39, 0.29) is 11.7 Å². The van der Waals surface area contributed by atoms with Crippen LogP contribution in [0.5, 0.6) is 11.5 Å². The summed E-state index contributed by atoms with van der Waals surface area (Å²) in [5.74, 6) is 1.39. The lowest BCUT2D eigenvalue weighted by atomic mass is 9.94. The SMILES string of the molecule is CC1=C/C(=C\C(C)=C\CC[C@]2(C)C=Cc3cc(O)c(C)cc3O2)OC1=O. The Morgan fingerprint density at radius 2 is 2.08 bits per heavy atom. The molecular weight excluding hydrogens is 328 g/mol. The first kappa shape index (κ1) is 18.1. The van der Waals surface area contributed by atoms with E-state index in [4.69, 9.17) is 9.47 Å². The highest BCUT2D eigenvalue weighted by molar-refractivity contribution is 5.92. The second kappa shape index (κ2) is 6.87. The Morgan fingerprint density at radius 3 is 2.77 bits per heavy atom. The Kier molecular flexibility index (Phi) is 4.77. The number of esters is 1. The van der Waals surface area contributed by atoms with Crippen LogP contribution in [0.2, 0.25) is 0 Å². The van der Waals surface area contributed by atoms with E-state index in [1.807, 2.05) is 38.1 Å². The number of benzene rings is 1. The average molecular weight is 352 g/mol. The Balaban J connectivity index is 1.64. The quantitative estimate of drug-likeness (QED) is 0.777. The Labute approximate surface area is 154 Å². The Bertz CT molecular complexity index is 870.